The van der Waals surface area contributed by atoms with Gasteiger partial charge in [0.15, 0.2) is 0 Å². The van der Waals surface area contributed by atoms with Crippen LogP contribution >= 0.6 is 0 Å². The van der Waals surface area contributed by atoms with Gasteiger partial charge in [0.1, 0.15) is 18.1 Å². The normalized spacial score (nSPS) is 17.9. The van der Waals surface area contributed by atoms with E-state index in [9.17, 15) is 15.0 Å². The number of carbonyl (C=O) groups is 1. The molecule has 0 saturated carbocycles. The van der Waals surface area contributed by atoms with Crippen LogP contribution in [0.3, 0.4) is 0 Å². The number of hydrogen-bond acceptors (Lipinski definition) is 4. The molecule has 0 aromatic heterocycles. The Morgan fingerprint density at radius 2 is 2.16 bits per heavy atom. The first-order chi connectivity index (χ1) is 9.16. The highest BCUT2D eigenvalue weighted by atomic mass is 16.5. The Morgan fingerprint density at radius 1 is 1.42 bits per heavy atom. The monoisotopic (exact) mass is 266 g/mol. The number of aromatic hydroxyl groups is 1. The van der Waals surface area contributed by atoms with Crippen molar-refractivity contribution in [3.63, 3.8) is 0 Å². The SMILES string of the molecule is O=C(O)C(COc1cccc(O)c1)C1CCOCC1. The van der Waals surface area contributed by atoms with Crippen LogP contribution in [-0.2, 0) is 9.53 Å². The van der Waals surface area contributed by atoms with Crippen LogP contribution in [-0.4, -0.2) is 36.0 Å². The maximum absolute atomic E-state index is 11.3. The third-order valence-electron chi connectivity index (χ3n) is 3.40. The van der Waals surface area contributed by atoms with Gasteiger partial charge in [0.2, 0.25) is 0 Å². The summed E-state index contributed by atoms with van der Waals surface area (Å²) < 4.78 is 10.7. The van der Waals surface area contributed by atoms with Crippen molar-refractivity contribution >= 4 is 5.97 Å². The van der Waals surface area contributed by atoms with Crippen LogP contribution in [0.25, 0.3) is 0 Å². The fourth-order valence-corrected chi connectivity index (χ4v) is 2.29. The fraction of sp³-hybridized carbons (Fsp3) is 0.500. The van der Waals surface area contributed by atoms with E-state index in [1.165, 1.54) is 6.07 Å². The summed E-state index contributed by atoms with van der Waals surface area (Å²) in [5, 5.41) is 18.6. The van der Waals surface area contributed by atoms with Crippen molar-refractivity contribution < 1.29 is 24.5 Å². The number of ether oxygens (including phenoxy) is 2. The Bertz CT molecular complexity index is 426. The molecule has 2 N–H and O–H groups in total. The first-order valence-electron chi connectivity index (χ1n) is 6.39. The molecule has 0 spiro atoms. The van der Waals surface area contributed by atoms with Crippen LogP contribution in [0.1, 0.15) is 12.8 Å². The van der Waals surface area contributed by atoms with Crippen LogP contribution in [0, 0.1) is 11.8 Å². The molecule has 1 heterocycles. The standard InChI is InChI=1S/C14H18O5/c15-11-2-1-3-12(8-11)19-9-13(14(16)17)10-4-6-18-7-5-10/h1-3,8,10,13,15H,4-7,9H2,(H,16,17). The summed E-state index contributed by atoms with van der Waals surface area (Å²) >= 11 is 0. The summed E-state index contributed by atoms with van der Waals surface area (Å²) in [5.74, 6) is -0.699. The van der Waals surface area contributed by atoms with Gasteiger partial charge in [-0.25, -0.2) is 0 Å². The molecule has 0 radical (unpaired) electrons. The summed E-state index contributed by atoms with van der Waals surface area (Å²) in [6, 6.07) is 6.38. The molecule has 1 unspecified atom stereocenters. The van der Waals surface area contributed by atoms with Gasteiger partial charge in [-0.15, -0.1) is 0 Å². The van der Waals surface area contributed by atoms with E-state index >= 15 is 0 Å². The molecule has 1 aromatic rings. The second-order valence-electron chi connectivity index (χ2n) is 4.70. The molecule has 0 amide bonds. The molecule has 2 rings (SSSR count). The molecular formula is C14H18O5. The molecule has 5 heteroatoms. The predicted molar refractivity (Wildman–Crippen MR) is 68.3 cm³/mol. The molecule has 5 nitrogen and oxygen atoms in total. The number of carboxylic acids is 1. The van der Waals surface area contributed by atoms with Gasteiger partial charge in [0, 0.05) is 19.3 Å². The second kappa shape index (κ2) is 6.43. The van der Waals surface area contributed by atoms with Gasteiger partial charge in [0.25, 0.3) is 0 Å². The quantitative estimate of drug-likeness (QED) is 0.851. The number of hydrogen-bond donors (Lipinski definition) is 2. The molecule has 1 atom stereocenters. The molecule has 1 aromatic carbocycles. The molecule has 1 saturated heterocycles. The molecule has 1 fully saturated rings. The number of phenols is 1. The second-order valence-corrected chi connectivity index (χ2v) is 4.70. The minimum Gasteiger partial charge on any atom is -0.508 e. The van der Waals surface area contributed by atoms with Crippen molar-refractivity contribution in [1.82, 2.24) is 0 Å². The molecule has 0 aliphatic carbocycles. The Hall–Kier alpha value is -1.75. The van der Waals surface area contributed by atoms with E-state index < -0.39 is 11.9 Å². The first kappa shape index (κ1) is 13.7. The van der Waals surface area contributed by atoms with E-state index in [0.717, 1.165) is 12.8 Å². The zero-order valence-electron chi connectivity index (χ0n) is 10.6. The minimum absolute atomic E-state index is 0.0866. The van der Waals surface area contributed by atoms with E-state index in [4.69, 9.17) is 9.47 Å². The summed E-state index contributed by atoms with van der Waals surface area (Å²) in [6.45, 7) is 1.34. The van der Waals surface area contributed by atoms with Crippen LogP contribution in [0.2, 0.25) is 0 Å². The van der Waals surface area contributed by atoms with E-state index in [2.05, 4.69) is 0 Å². The van der Waals surface area contributed by atoms with Gasteiger partial charge < -0.3 is 19.7 Å². The van der Waals surface area contributed by atoms with Gasteiger partial charge in [-0.05, 0) is 30.9 Å². The first-order valence-corrected chi connectivity index (χ1v) is 6.39. The van der Waals surface area contributed by atoms with Gasteiger partial charge in [0.05, 0.1) is 5.92 Å². The van der Waals surface area contributed by atoms with Crippen LogP contribution in [0.4, 0.5) is 0 Å². The molecule has 104 valence electrons. The summed E-state index contributed by atoms with van der Waals surface area (Å²) in [7, 11) is 0. The lowest BCUT2D eigenvalue weighted by atomic mass is 9.86. The molecule has 19 heavy (non-hydrogen) atoms. The third-order valence-corrected chi connectivity index (χ3v) is 3.40. The average molecular weight is 266 g/mol. The summed E-state index contributed by atoms with van der Waals surface area (Å²) in [6.07, 6.45) is 1.50. The third kappa shape index (κ3) is 3.86. The molecular weight excluding hydrogens is 248 g/mol. The van der Waals surface area contributed by atoms with Crippen molar-refractivity contribution in [2.45, 2.75) is 12.8 Å². The summed E-state index contributed by atoms with van der Waals surface area (Å²) in [5.41, 5.74) is 0. The summed E-state index contributed by atoms with van der Waals surface area (Å²) in [4.78, 5) is 11.3. The number of carboxylic acid groups (broad SMARTS) is 1. The highest BCUT2D eigenvalue weighted by Gasteiger charge is 2.30. The minimum atomic E-state index is -0.841. The molecule has 1 aliphatic rings. The number of benzene rings is 1. The number of phenolic OH excluding ortho intramolecular Hbond substituents is 1. The van der Waals surface area contributed by atoms with Gasteiger partial charge in [-0.1, -0.05) is 6.07 Å². The van der Waals surface area contributed by atoms with Crippen molar-refractivity contribution in [3.8, 4) is 11.5 Å². The maximum Gasteiger partial charge on any atom is 0.310 e. The Morgan fingerprint density at radius 3 is 2.79 bits per heavy atom. The van der Waals surface area contributed by atoms with E-state index in [0.29, 0.717) is 19.0 Å². The van der Waals surface area contributed by atoms with Crippen molar-refractivity contribution in [2.75, 3.05) is 19.8 Å². The highest BCUT2D eigenvalue weighted by molar-refractivity contribution is 5.70. The Balaban J connectivity index is 1.95. The number of aliphatic carboxylic acids is 1. The lowest BCUT2D eigenvalue weighted by Gasteiger charge is -2.27. The van der Waals surface area contributed by atoms with Crippen molar-refractivity contribution in [1.29, 1.82) is 0 Å². The number of rotatable bonds is 5. The van der Waals surface area contributed by atoms with Gasteiger partial charge in [-0.3, -0.25) is 4.79 Å². The lowest BCUT2D eigenvalue weighted by Crippen LogP contribution is -2.33. The Kier molecular flexibility index (Phi) is 4.63. The van der Waals surface area contributed by atoms with Crippen molar-refractivity contribution in [3.05, 3.63) is 24.3 Å². The van der Waals surface area contributed by atoms with Crippen LogP contribution in [0.5, 0.6) is 11.5 Å². The van der Waals surface area contributed by atoms with E-state index in [1.54, 1.807) is 18.2 Å². The predicted octanol–water partition coefficient (Wildman–Crippen LogP) is 1.90. The van der Waals surface area contributed by atoms with Crippen LogP contribution < -0.4 is 4.74 Å². The lowest BCUT2D eigenvalue weighted by molar-refractivity contribution is -0.146. The Labute approximate surface area is 111 Å². The highest BCUT2D eigenvalue weighted by Crippen LogP contribution is 2.26. The van der Waals surface area contributed by atoms with Gasteiger partial charge in [-0.2, -0.15) is 0 Å². The zero-order valence-corrected chi connectivity index (χ0v) is 10.6. The zero-order chi connectivity index (χ0) is 13.7. The van der Waals surface area contributed by atoms with Crippen LogP contribution in [0.15, 0.2) is 24.3 Å². The maximum atomic E-state index is 11.3. The molecule has 1 aliphatic heterocycles. The van der Waals surface area contributed by atoms with E-state index in [-0.39, 0.29) is 18.3 Å². The average Bonchev–Trinajstić information content (AvgIpc) is 2.40. The fourth-order valence-electron chi connectivity index (χ4n) is 2.29. The molecule has 0 bridgehead atoms. The van der Waals surface area contributed by atoms with Gasteiger partial charge >= 0.3 is 5.97 Å². The smallest absolute Gasteiger partial charge is 0.310 e. The largest absolute Gasteiger partial charge is 0.508 e. The topological polar surface area (TPSA) is 76.0 Å². The van der Waals surface area contributed by atoms with Crippen molar-refractivity contribution in [2.24, 2.45) is 11.8 Å². The van der Waals surface area contributed by atoms with E-state index in [1.807, 2.05) is 0 Å².